The lowest BCUT2D eigenvalue weighted by Crippen LogP contribution is -2.44. The number of aromatic nitrogens is 2. The summed E-state index contributed by atoms with van der Waals surface area (Å²) in [5.41, 5.74) is 2.56. The van der Waals surface area contributed by atoms with Gasteiger partial charge in [-0.3, -0.25) is 14.9 Å². The van der Waals surface area contributed by atoms with Crippen LogP contribution in [0.25, 0.3) is 11.3 Å². The number of benzene rings is 2. The molecule has 0 unspecified atom stereocenters. The summed E-state index contributed by atoms with van der Waals surface area (Å²) in [5.74, 6) is 0.544. The van der Waals surface area contributed by atoms with Gasteiger partial charge in [0.2, 0.25) is 0 Å². The molecule has 1 aliphatic heterocycles. The SMILES string of the molecule is CN1CCN(c2ccc(-c3ccc(NC(=O)c4ccc([N+](=O)[O-])cc4)cc3)nn2)CC1. The number of anilines is 2. The van der Waals surface area contributed by atoms with Crippen LogP contribution in [-0.2, 0) is 0 Å². The van der Waals surface area contributed by atoms with Crippen molar-refractivity contribution in [3.63, 3.8) is 0 Å². The quantitative estimate of drug-likeness (QED) is 0.501. The van der Waals surface area contributed by atoms with E-state index in [1.54, 1.807) is 12.1 Å². The third-order valence-corrected chi connectivity index (χ3v) is 5.26. The van der Waals surface area contributed by atoms with Crippen LogP contribution < -0.4 is 10.2 Å². The molecule has 2 aromatic carbocycles. The molecular formula is C22H22N6O3. The molecule has 9 nitrogen and oxygen atoms in total. The van der Waals surface area contributed by atoms with Crippen molar-refractivity contribution in [1.29, 1.82) is 0 Å². The highest BCUT2D eigenvalue weighted by Gasteiger charge is 2.16. The zero-order valence-corrected chi connectivity index (χ0v) is 17.1. The van der Waals surface area contributed by atoms with Crippen molar-refractivity contribution in [3.05, 3.63) is 76.3 Å². The van der Waals surface area contributed by atoms with Gasteiger partial charge in [0.05, 0.1) is 10.6 Å². The first kappa shape index (κ1) is 20.4. The van der Waals surface area contributed by atoms with E-state index in [1.807, 2.05) is 24.3 Å². The summed E-state index contributed by atoms with van der Waals surface area (Å²) in [6, 6.07) is 16.7. The highest BCUT2D eigenvalue weighted by Crippen LogP contribution is 2.22. The second-order valence-corrected chi connectivity index (χ2v) is 7.40. The number of hydrogen-bond donors (Lipinski definition) is 1. The van der Waals surface area contributed by atoms with Gasteiger partial charge in [-0.25, -0.2) is 0 Å². The Labute approximate surface area is 179 Å². The lowest BCUT2D eigenvalue weighted by Gasteiger charge is -2.32. The predicted octanol–water partition coefficient (Wildman–Crippen LogP) is 3.06. The van der Waals surface area contributed by atoms with Gasteiger partial charge in [-0.2, -0.15) is 0 Å². The maximum Gasteiger partial charge on any atom is 0.269 e. The normalized spacial score (nSPS) is 14.3. The molecule has 158 valence electrons. The Morgan fingerprint density at radius 2 is 1.61 bits per heavy atom. The zero-order valence-electron chi connectivity index (χ0n) is 17.1. The molecule has 1 fully saturated rings. The molecule has 2 heterocycles. The molecule has 0 aliphatic carbocycles. The average Bonchev–Trinajstić information content (AvgIpc) is 2.80. The summed E-state index contributed by atoms with van der Waals surface area (Å²) in [6.45, 7) is 3.90. The molecule has 1 aromatic heterocycles. The molecule has 0 saturated carbocycles. The van der Waals surface area contributed by atoms with E-state index in [2.05, 4.69) is 32.4 Å². The number of likely N-dealkylation sites (N-methyl/N-ethyl adjacent to an activating group) is 1. The van der Waals surface area contributed by atoms with Gasteiger partial charge in [-0.05, 0) is 43.4 Å². The molecule has 31 heavy (non-hydrogen) atoms. The topological polar surface area (TPSA) is 104 Å². The van der Waals surface area contributed by atoms with Gasteiger partial charge in [0.15, 0.2) is 5.82 Å². The zero-order chi connectivity index (χ0) is 21.8. The number of amides is 1. The van der Waals surface area contributed by atoms with Crippen molar-refractivity contribution in [3.8, 4) is 11.3 Å². The number of nitrogens with one attached hydrogen (secondary N) is 1. The first-order chi connectivity index (χ1) is 15.0. The molecule has 1 aliphatic rings. The Balaban J connectivity index is 1.39. The fraction of sp³-hybridized carbons (Fsp3) is 0.227. The van der Waals surface area contributed by atoms with Gasteiger partial charge >= 0.3 is 0 Å². The molecule has 0 bridgehead atoms. The molecule has 0 spiro atoms. The summed E-state index contributed by atoms with van der Waals surface area (Å²) in [4.78, 5) is 27.1. The Bertz CT molecular complexity index is 1060. The number of hydrogen-bond acceptors (Lipinski definition) is 7. The minimum Gasteiger partial charge on any atom is -0.353 e. The van der Waals surface area contributed by atoms with Crippen LogP contribution in [0.5, 0.6) is 0 Å². The molecule has 4 rings (SSSR count). The fourth-order valence-corrected chi connectivity index (χ4v) is 3.35. The van der Waals surface area contributed by atoms with E-state index in [9.17, 15) is 14.9 Å². The second-order valence-electron chi connectivity index (χ2n) is 7.40. The summed E-state index contributed by atoms with van der Waals surface area (Å²) < 4.78 is 0. The Kier molecular flexibility index (Phi) is 5.85. The molecule has 0 atom stereocenters. The molecule has 1 amide bonds. The van der Waals surface area contributed by atoms with E-state index in [0.29, 0.717) is 11.3 Å². The van der Waals surface area contributed by atoms with Crippen LogP contribution in [0.3, 0.4) is 0 Å². The number of nitro benzene ring substituents is 1. The maximum atomic E-state index is 12.3. The van der Waals surface area contributed by atoms with E-state index in [4.69, 9.17) is 0 Å². The Hall–Kier alpha value is -3.85. The summed E-state index contributed by atoms with van der Waals surface area (Å²) >= 11 is 0. The summed E-state index contributed by atoms with van der Waals surface area (Å²) in [6.07, 6.45) is 0. The van der Waals surface area contributed by atoms with Crippen LogP contribution in [-0.4, -0.2) is 59.2 Å². The van der Waals surface area contributed by atoms with Gasteiger partial charge < -0.3 is 15.1 Å². The smallest absolute Gasteiger partial charge is 0.269 e. The number of carbonyl (C=O) groups excluding carboxylic acids is 1. The molecule has 1 saturated heterocycles. The van der Waals surface area contributed by atoms with Gasteiger partial charge in [-0.15, -0.1) is 10.2 Å². The van der Waals surface area contributed by atoms with Crippen LogP contribution in [0.15, 0.2) is 60.7 Å². The summed E-state index contributed by atoms with van der Waals surface area (Å²) in [5, 5.41) is 22.2. The number of nitrogens with zero attached hydrogens (tertiary/aromatic N) is 5. The van der Waals surface area contributed by atoms with Gasteiger partial charge in [0, 0.05) is 55.1 Å². The highest BCUT2D eigenvalue weighted by atomic mass is 16.6. The summed E-state index contributed by atoms with van der Waals surface area (Å²) in [7, 11) is 2.12. The van der Waals surface area contributed by atoms with E-state index in [0.717, 1.165) is 43.3 Å². The third kappa shape index (κ3) is 4.84. The number of non-ortho nitro benzene ring substituents is 1. The maximum absolute atomic E-state index is 12.3. The second kappa shape index (κ2) is 8.88. The highest BCUT2D eigenvalue weighted by molar-refractivity contribution is 6.04. The first-order valence-corrected chi connectivity index (χ1v) is 9.93. The molecule has 3 aromatic rings. The van der Waals surface area contributed by atoms with E-state index < -0.39 is 4.92 Å². The molecular weight excluding hydrogens is 396 g/mol. The third-order valence-electron chi connectivity index (χ3n) is 5.26. The average molecular weight is 418 g/mol. The standard InChI is InChI=1S/C22H22N6O3/c1-26-12-14-27(15-13-26)21-11-10-20(24-25-21)16-2-6-18(7-3-16)23-22(29)17-4-8-19(9-5-17)28(30)31/h2-11H,12-15H2,1H3,(H,23,29). The van der Waals surface area contributed by atoms with Crippen molar-refractivity contribution in [1.82, 2.24) is 15.1 Å². The molecule has 0 radical (unpaired) electrons. The number of carbonyl (C=O) groups is 1. The first-order valence-electron chi connectivity index (χ1n) is 9.93. The number of rotatable bonds is 5. The number of piperazine rings is 1. The minimum atomic E-state index is -0.499. The Morgan fingerprint density at radius 3 is 2.19 bits per heavy atom. The van der Waals surface area contributed by atoms with Crippen LogP contribution in [0, 0.1) is 10.1 Å². The van der Waals surface area contributed by atoms with Crippen LogP contribution in [0.1, 0.15) is 10.4 Å². The number of nitro groups is 1. The van der Waals surface area contributed by atoms with Gasteiger partial charge in [-0.1, -0.05) is 12.1 Å². The van der Waals surface area contributed by atoms with Crippen molar-refractivity contribution in [2.75, 3.05) is 43.4 Å². The van der Waals surface area contributed by atoms with Crippen molar-refractivity contribution in [2.45, 2.75) is 0 Å². The van der Waals surface area contributed by atoms with E-state index in [-0.39, 0.29) is 11.6 Å². The predicted molar refractivity (Wildman–Crippen MR) is 118 cm³/mol. The van der Waals surface area contributed by atoms with Crippen LogP contribution in [0.2, 0.25) is 0 Å². The molecule has 9 heteroatoms. The van der Waals surface area contributed by atoms with Gasteiger partial charge in [0.1, 0.15) is 0 Å². The Morgan fingerprint density at radius 1 is 0.935 bits per heavy atom. The largest absolute Gasteiger partial charge is 0.353 e. The lowest BCUT2D eigenvalue weighted by molar-refractivity contribution is -0.384. The van der Waals surface area contributed by atoms with Gasteiger partial charge in [0.25, 0.3) is 11.6 Å². The van der Waals surface area contributed by atoms with E-state index >= 15 is 0 Å². The lowest BCUT2D eigenvalue weighted by atomic mass is 10.1. The van der Waals surface area contributed by atoms with Crippen LogP contribution >= 0.6 is 0 Å². The van der Waals surface area contributed by atoms with E-state index in [1.165, 1.54) is 24.3 Å². The van der Waals surface area contributed by atoms with Crippen LogP contribution in [0.4, 0.5) is 17.2 Å². The monoisotopic (exact) mass is 418 g/mol. The minimum absolute atomic E-state index is 0.0550. The fourth-order valence-electron chi connectivity index (χ4n) is 3.35. The van der Waals surface area contributed by atoms with Crippen molar-refractivity contribution >= 4 is 23.1 Å². The van der Waals surface area contributed by atoms with Crippen molar-refractivity contribution in [2.24, 2.45) is 0 Å². The van der Waals surface area contributed by atoms with Crippen molar-refractivity contribution < 1.29 is 9.72 Å². The molecule has 1 N–H and O–H groups in total.